The van der Waals surface area contributed by atoms with Crippen LogP contribution in [-0.4, -0.2) is 14.3 Å². The average Bonchev–Trinajstić information content (AvgIpc) is 3.26. The van der Waals surface area contributed by atoms with Crippen molar-refractivity contribution in [1.29, 1.82) is 0 Å². The van der Waals surface area contributed by atoms with E-state index in [1.165, 1.54) is 18.4 Å². The highest BCUT2D eigenvalue weighted by molar-refractivity contribution is 7.89. The van der Waals surface area contributed by atoms with Crippen LogP contribution in [-0.2, 0) is 27.8 Å². The third-order valence-corrected chi connectivity index (χ3v) is 6.02. The molecule has 6 nitrogen and oxygen atoms in total. The molecule has 152 valence electrons. The van der Waals surface area contributed by atoms with Crippen LogP contribution < -0.4 is 10.0 Å². The van der Waals surface area contributed by atoms with Crippen LogP contribution in [0.25, 0.3) is 10.8 Å². The summed E-state index contributed by atoms with van der Waals surface area (Å²) in [6.45, 7) is 0.0495. The quantitative estimate of drug-likeness (QED) is 0.471. The molecule has 0 spiro atoms. The van der Waals surface area contributed by atoms with E-state index >= 15 is 0 Å². The van der Waals surface area contributed by atoms with Crippen LogP contribution in [0.15, 0.2) is 94.4 Å². The van der Waals surface area contributed by atoms with Crippen molar-refractivity contribution >= 4 is 32.4 Å². The van der Waals surface area contributed by atoms with E-state index in [4.69, 9.17) is 4.42 Å². The lowest BCUT2D eigenvalue weighted by atomic mass is 10.0. The molecular formula is C23H20N2O4S. The number of sulfonamides is 1. The molecule has 0 bridgehead atoms. The van der Waals surface area contributed by atoms with Gasteiger partial charge in [-0.1, -0.05) is 48.5 Å². The van der Waals surface area contributed by atoms with Crippen molar-refractivity contribution in [2.24, 2.45) is 0 Å². The standard InChI is InChI=1S/C23H20N2O4S/c26-23(14-17-10-11-18-5-1-2-6-19(18)13-17)25-20-7-3-9-22(15-20)30(27,28)24-16-21-8-4-12-29-21/h1-13,15,24H,14,16H2,(H,25,26). The van der Waals surface area contributed by atoms with E-state index in [1.54, 1.807) is 24.3 Å². The van der Waals surface area contributed by atoms with E-state index in [-0.39, 0.29) is 23.8 Å². The Labute approximate surface area is 174 Å². The second-order valence-electron chi connectivity index (χ2n) is 6.84. The number of benzene rings is 3. The van der Waals surface area contributed by atoms with Crippen LogP contribution in [0.2, 0.25) is 0 Å². The van der Waals surface area contributed by atoms with Crippen LogP contribution in [0, 0.1) is 0 Å². The molecule has 1 heterocycles. The van der Waals surface area contributed by atoms with Gasteiger partial charge in [0.25, 0.3) is 0 Å². The first kappa shape index (κ1) is 19.9. The highest BCUT2D eigenvalue weighted by atomic mass is 32.2. The summed E-state index contributed by atoms with van der Waals surface area (Å²) in [4.78, 5) is 12.5. The third-order valence-electron chi connectivity index (χ3n) is 4.62. The van der Waals surface area contributed by atoms with E-state index < -0.39 is 10.0 Å². The first-order valence-electron chi connectivity index (χ1n) is 9.39. The minimum Gasteiger partial charge on any atom is -0.468 e. The third kappa shape index (κ3) is 4.76. The molecule has 4 rings (SSSR count). The Kier molecular flexibility index (Phi) is 5.65. The summed E-state index contributed by atoms with van der Waals surface area (Å²) in [7, 11) is -3.74. The number of furan rings is 1. The van der Waals surface area contributed by atoms with Crippen molar-refractivity contribution < 1.29 is 17.6 Å². The number of hydrogen-bond donors (Lipinski definition) is 2. The molecule has 1 aromatic heterocycles. The summed E-state index contributed by atoms with van der Waals surface area (Å²) < 4.78 is 32.7. The van der Waals surface area contributed by atoms with Gasteiger partial charge >= 0.3 is 0 Å². The number of fused-ring (bicyclic) bond motifs is 1. The second-order valence-corrected chi connectivity index (χ2v) is 8.61. The van der Waals surface area contributed by atoms with Gasteiger partial charge in [0.2, 0.25) is 15.9 Å². The number of nitrogens with one attached hydrogen (secondary N) is 2. The number of rotatable bonds is 7. The zero-order chi connectivity index (χ0) is 21.0. The lowest BCUT2D eigenvalue weighted by Gasteiger charge is -2.09. The van der Waals surface area contributed by atoms with E-state index in [1.807, 2.05) is 42.5 Å². The molecule has 0 atom stereocenters. The molecule has 0 unspecified atom stereocenters. The number of hydrogen-bond acceptors (Lipinski definition) is 4. The molecule has 0 saturated carbocycles. The minimum atomic E-state index is -3.74. The summed E-state index contributed by atoms with van der Waals surface area (Å²) in [5.74, 6) is 0.293. The van der Waals surface area contributed by atoms with Crippen LogP contribution in [0.4, 0.5) is 5.69 Å². The van der Waals surface area contributed by atoms with Crippen molar-refractivity contribution in [2.75, 3.05) is 5.32 Å². The lowest BCUT2D eigenvalue weighted by Crippen LogP contribution is -2.23. The van der Waals surface area contributed by atoms with Crippen molar-refractivity contribution in [1.82, 2.24) is 4.72 Å². The highest BCUT2D eigenvalue weighted by Gasteiger charge is 2.15. The van der Waals surface area contributed by atoms with E-state index in [0.29, 0.717) is 11.4 Å². The molecule has 0 aliphatic carbocycles. The van der Waals surface area contributed by atoms with Crippen LogP contribution >= 0.6 is 0 Å². The van der Waals surface area contributed by atoms with Crippen LogP contribution in [0.3, 0.4) is 0 Å². The fourth-order valence-electron chi connectivity index (χ4n) is 3.14. The fraction of sp³-hybridized carbons (Fsp3) is 0.0870. The molecule has 4 aromatic rings. The number of anilines is 1. The maximum Gasteiger partial charge on any atom is 0.241 e. The van der Waals surface area contributed by atoms with Gasteiger partial charge < -0.3 is 9.73 Å². The normalized spacial score (nSPS) is 11.5. The predicted molar refractivity (Wildman–Crippen MR) is 115 cm³/mol. The number of carbonyl (C=O) groups is 1. The molecule has 0 radical (unpaired) electrons. The van der Waals surface area contributed by atoms with Crippen molar-refractivity contribution in [3.8, 4) is 0 Å². The van der Waals surface area contributed by atoms with Crippen molar-refractivity contribution in [2.45, 2.75) is 17.9 Å². The predicted octanol–water partition coefficient (Wildman–Crippen LogP) is 4.09. The lowest BCUT2D eigenvalue weighted by molar-refractivity contribution is -0.115. The number of amides is 1. The smallest absolute Gasteiger partial charge is 0.241 e. The zero-order valence-corrected chi connectivity index (χ0v) is 16.9. The van der Waals surface area contributed by atoms with E-state index in [9.17, 15) is 13.2 Å². The monoisotopic (exact) mass is 420 g/mol. The second kappa shape index (κ2) is 8.52. The Balaban J connectivity index is 1.43. The molecule has 0 aliphatic rings. The Morgan fingerprint density at radius 1 is 0.867 bits per heavy atom. The van der Waals surface area contributed by atoms with Crippen LogP contribution in [0.1, 0.15) is 11.3 Å². The summed E-state index contributed by atoms with van der Waals surface area (Å²) >= 11 is 0. The Morgan fingerprint density at radius 3 is 2.50 bits per heavy atom. The molecule has 0 saturated heterocycles. The molecule has 30 heavy (non-hydrogen) atoms. The molecule has 1 amide bonds. The summed E-state index contributed by atoms with van der Waals surface area (Å²) in [5.41, 5.74) is 1.30. The summed E-state index contributed by atoms with van der Waals surface area (Å²) in [6, 6.07) is 23.4. The molecule has 0 fully saturated rings. The SMILES string of the molecule is O=C(Cc1ccc2ccccc2c1)Nc1cccc(S(=O)(=O)NCc2ccco2)c1. The van der Waals surface area contributed by atoms with Crippen molar-refractivity contribution in [3.63, 3.8) is 0 Å². The fourth-order valence-corrected chi connectivity index (χ4v) is 4.18. The molecule has 3 aromatic carbocycles. The summed E-state index contributed by atoms with van der Waals surface area (Å²) in [5, 5.41) is 4.95. The topological polar surface area (TPSA) is 88.4 Å². The maximum atomic E-state index is 12.5. The first-order chi connectivity index (χ1) is 14.5. The van der Waals surface area contributed by atoms with Gasteiger partial charge in [-0.3, -0.25) is 4.79 Å². The van der Waals surface area contributed by atoms with Crippen molar-refractivity contribution in [3.05, 3.63) is 96.4 Å². The van der Waals surface area contributed by atoms with Gasteiger partial charge in [-0.05, 0) is 46.7 Å². The van der Waals surface area contributed by atoms with Gasteiger partial charge in [0.1, 0.15) is 5.76 Å². The van der Waals surface area contributed by atoms with Gasteiger partial charge in [0, 0.05) is 5.69 Å². The summed E-state index contributed by atoms with van der Waals surface area (Å²) in [6.07, 6.45) is 1.67. The number of carbonyl (C=O) groups excluding carboxylic acids is 1. The van der Waals surface area contributed by atoms with E-state index in [2.05, 4.69) is 10.0 Å². The molecular weight excluding hydrogens is 400 g/mol. The molecule has 0 aliphatic heterocycles. The van der Waals surface area contributed by atoms with Gasteiger partial charge in [0.05, 0.1) is 24.1 Å². The average molecular weight is 420 g/mol. The van der Waals surface area contributed by atoms with Gasteiger partial charge in [-0.2, -0.15) is 0 Å². The Hall–Kier alpha value is -3.42. The van der Waals surface area contributed by atoms with Gasteiger partial charge in [-0.25, -0.2) is 13.1 Å². The Bertz CT molecular complexity index is 1280. The highest BCUT2D eigenvalue weighted by Crippen LogP contribution is 2.18. The zero-order valence-electron chi connectivity index (χ0n) is 16.0. The maximum absolute atomic E-state index is 12.5. The van der Waals surface area contributed by atoms with Gasteiger partial charge in [0.15, 0.2) is 0 Å². The first-order valence-corrected chi connectivity index (χ1v) is 10.9. The minimum absolute atomic E-state index is 0.0495. The molecule has 2 N–H and O–H groups in total. The van der Waals surface area contributed by atoms with Crippen LogP contribution in [0.5, 0.6) is 0 Å². The molecule has 7 heteroatoms. The van der Waals surface area contributed by atoms with E-state index in [0.717, 1.165) is 16.3 Å². The van der Waals surface area contributed by atoms with Gasteiger partial charge in [-0.15, -0.1) is 0 Å². The Morgan fingerprint density at radius 2 is 1.70 bits per heavy atom. The largest absolute Gasteiger partial charge is 0.468 e.